The van der Waals surface area contributed by atoms with E-state index in [0.29, 0.717) is 6.04 Å². The molecule has 1 saturated carbocycles. The van der Waals surface area contributed by atoms with Gasteiger partial charge < -0.3 is 10.2 Å². The van der Waals surface area contributed by atoms with Gasteiger partial charge in [-0.2, -0.15) is 0 Å². The molecule has 100 valence electrons. The van der Waals surface area contributed by atoms with Gasteiger partial charge in [0.25, 0.3) is 0 Å². The normalized spacial score (nSPS) is 16.7. The van der Waals surface area contributed by atoms with Crippen LogP contribution in [-0.4, -0.2) is 19.1 Å². The molecule has 0 bridgehead atoms. The van der Waals surface area contributed by atoms with E-state index in [1.165, 1.54) is 28.6 Å². The molecule has 0 radical (unpaired) electrons. The van der Waals surface area contributed by atoms with Gasteiger partial charge in [-0.05, 0) is 66.9 Å². The molecule has 0 amide bonds. The van der Waals surface area contributed by atoms with Gasteiger partial charge in [-0.15, -0.1) is 0 Å². The van der Waals surface area contributed by atoms with E-state index in [2.05, 4.69) is 65.1 Å². The predicted molar refractivity (Wildman–Crippen MR) is 82.3 cm³/mol. The van der Waals surface area contributed by atoms with E-state index in [1.54, 1.807) is 0 Å². The second-order valence-electron chi connectivity index (χ2n) is 5.01. The molecule has 0 heterocycles. The Morgan fingerprint density at radius 2 is 2.11 bits per heavy atom. The molecule has 1 aromatic carbocycles. The molecule has 0 spiro atoms. The Kier molecular flexibility index (Phi) is 4.68. The Bertz CT molecular complexity index is 401. The summed E-state index contributed by atoms with van der Waals surface area (Å²) in [6, 6.07) is 7.95. The third kappa shape index (κ3) is 3.07. The van der Waals surface area contributed by atoms with Crippen molar-refractivity contribution in [2.45, 2.75) is 45.7 Å². The van der Waals surface area contributed by atoms with Gasteiger partial charge >= 0.3 is 0 Å². The Labute approximate surface area is 119 Å². The van der Waals surface area contributed by atoms with Gasteiger partial charge in [0, 0.05) is 23.1 Å². The lowest BCUT2D eigenvalue weighted by Crippen LogP contribution is -2.25. The summed E-state index contributed by atoms with van der Waals surface area (Å²) in [5.41, 5.74) is 2.69. The SMILES string of the molecule is CCNC(C)c1ccc(N(CC)C2CC2)c(Br)c1. The summed E-state index contributed by atoms with van der Waals surface area (Å²) in [5.74, 6) is 0. The highest BCUT2D eigenvalue weighted by molar-refractivity contribution is 9.10. The van der Waals surface area contributed by atoms with E-state index < -0.39 is 0 Å². The maximum atomic E-state index is 3.73. The lowest BCUT2D eigenvalue weighted by Gasteiger charge is -2.25. The van der Waals surface area contributed by atoms with Crippen molar-refractivity contribution in [3.63, 3.8) is 0 Å². The van der Waals surface area contributed by atoms with Gasteiger partial charge in [0.15, 0.2) is 0 Å². The molecule has 1 N–H and O–H groups in total. The van der Waals surface area contributed by atoms with E-state index >= 15 is 0 Å². The maximum Gasteiger partial charge on any atom is 0.0513 e. The summed E-state index contributed by atoms with van der Waals surface area (Å²) < 4.78 is 1.22. The largest absolute Gasteiger partial charge is 0.368 e. The van der Waals surface area contributed by atoms with E-state index in [4.69, 9.17) is 0 Å². The molecule has 1 aliphatic carbocycles. The van der Waals surface area contributed by atoms with Crippen LogP contribution in [0.1, 0.15) is 45.2 Å². The quantitative estimate of drug-likeness (QED) is 0.850. The monoisotopic (exact) mass is 310 g/mol. The maximum absolute atomic E-state index is 3.73. The number of rotatable bonds is 6. The van der Waals surface area contributed by atoms with Crippen LogP contribution in [0.4, 0.5) is 5.69 Å². The Hall–Kier alpha value is -0.540. The van der Waals surface area contributed by atoms with E-state index in [-0.39, 0.29) is 0 Å². The second kappa shape index (κ2) is 6.07. The summed E-state index contributed by atoms with van der Waals surface area (Å²) in [7, 11) is 0. The van der Waals surface area contributed by atoms with Crippen LogP contribution in [0.2, 0.25) is 0 Å². The van der Waals surface area contributed by atoms with Crippen molar-refractivity contribution in [2.75, 3.05) is 18.0 Å². The smallest absolute Gasteiger partial charge is 0.0513 e. The van der Waals surface area contributed by atoms with Gasteiger partial charge in [0.1, 0.15) is 0 Å². The summed E-state index contributed by atoms with van der Waals surface area (Å²) >= 11 is 3.73. The first-order valence-electron chi connectivity index (χ1n) is 6.96. The highest BCUT2D eigenvalue weighted by atomic mass is 79.9. The summed E-state index contributed by atoms with van der Waals surface area (Å²) in [6.45, 7) is 8.68. The standard InChI is InChI=1S/C15H23BrN2/c1-4-17-11(3)12-6-9-15(14(16)10-12)18(5-2)13-7-8-13/h6,9-11,13,17H,4-5,7-8H2,1-3H3. The first kappa shape index (κ1) is 13.9. The molecule has 1 aliphatic rings. The van der Waals surface area contributed by atoms with Gasteiger partial charge in [-0.1, -0.05) is 13.0 Å². The fourth-order valence-electron chi connectivity index (χ4n) is 2.46. The molecule has 18 heavy (non-hydrogen) atoms. The molecule has 1 fully saturated rings. The number of halogens is 1. The van der Waals surface area contributed by atoms with Crippen LogP contribution in [-0.2, 0) is 0 Å². The fourth-order valence-corrected chi connectivity index (χ4v) is 3.09. The molecule has 2 nitrogen and oxygen atoms in total. The minimum atomic E-state index is 0.413. The lowest BCUT2D eigenvalue weighted by atomic mass is 10.1. The molecule has 0 aliphatic heterocycles. The summed E-state index contributed by atoms with van der Waals surface area (Å²) in [4.78, 5) is 2.51. The fraction of sp³-hybridized carbons (Fsp3) is 0.600. The summed E-state index contributed by atoms with van der Waals surface area (Å²) in [5, 5.41) is 3.45. The van der Waals surface area contributed by atoms with Crippen molar-refractivity contribution in [1.29, 1.82) is 0 Å². The van der Waals surface area contributed by atoms with Crippen LogP contribution in [0.3, 0.4) is 0 Å². The molecule has 1 atom stereocenters. The van der Waals surface area contributed by atoms with Crippen LogP contribution < -0.4 is 10.2 Å². The highest BCUT2D eigenvalue weighted by Crippen LogP contribution is 2.36. The van der Waals surface area contributed by atoms with Crippen molar-refractivity contribution in [1.82, 2.24) is 5.32 Å². The first-order valence-corrected chi connectivity index (χ1v) is 7.76. The number of hydrogen-bond acceptors (Lipinski definition) is 2. The highest BCUT2D eigenvalue weighted by Gasteiger charge is 2.29. The zero-order valence-corrected chi connectivity index (χ0v) is 13.1. The van der Waals surface area contributed by atoms with Gasteiger partial charge in [0.05, 0.1) is 5.69 Å². The summed E-state index contributed by atoms with van der Waals surface area (Å²) in [6.07, 6.45) is 2.69. The van der Waals surface area contributed by atoms with Crippen LogP contribution in [0.5, 0.6) is 0 Å². The van der Waals surface area contributed by atoms with E-state index in [9.17, 15) is 0 Å². The number of benzene rings is 1. The zero-order chi connectivity index (χ0) is 13.1. The molecular weight excluding hydrogens is 288 g/mol. The van der Waals surface area contributed by atoms with Crippen molar-refractivity contribution in [2.24, 2.45) is 0 Å². The molecule has 1 aromatic rings. The Balaban J connectivity index is 2.18. The average Bonchev–Trinajstić information content (AvgIpc) is 3.17. The third-order valence-electron chi connectivity index (χ3n) is 3.62. The van der Waals surface area contributed by atoms with Gasteiger partial charge in [0.2, 0.25) is 0 Å². The minimum absolute atomic E-state index is 0.413. The zero-order valence-electron chi connectivity index (χ0n) is 11.5. The van der Waals surface area contributed by atoms with Crippen molar-refractivity contribution >= 4 is 21.6 Å². The lowest BCUT2D eigenvalue weighted by molar-refractivity contribution is 0.598. The molecule has 2 rings (SSSR count). The van der Waals surface area contributed by atoms with Crippen LogP contribution >= 0.6 is 15.9 Å². The van der Waals surface area contributed by atoms with Crippen molar-refractivity contribution in [3.05, 3.63) is 28.2 Å². The minimum Gasteiger partial charge on any atom is -0.368 e. The molecule has 3 heteroatoms. The average molecular weight is 311 g/mol. The van der Waals surface area contributed by atoms with E-state index in [0.717, 1.165) is 19.1 Å². The van der Waals surface area contributed by atoms with Crippen molar-refractivity contribution in [3.8, 4) is 0 Å². The topological polar surface area (TPSA) is 15.3 Å². The molecular formula is C15H23BrN2. The number of nitrogens with zero attached hydrogens (tertiary/aromatic N) is 1. The van der Waals surface area contributed by atoms with E-state index in [1.807, 2.05) is 0 Å². The van der Waals surface area contributed by atoms with Crippen molar-refractivity contribution < 1.29 is 0 Å². The first-order chi connectivity index (χ1) is 8.67. The predicted octanol–water partition coefficient (Wildman–Crippen LogP) is 4.11. The molecule has 0 saturated heterocycles. The Morgan fingerprint density at radius 1 is 1.39 bits per heavy atom. The van der Waals surface area contributed by atoms with Crippen LogP contribution in [0, 0.1) is 0 Å². The Morgan fingerprint density at radius 3 is 2.61 bits per heavy atom. The molecule has 0 aromatic heterocycles. The van der Waals surface area contributed by atoms with Crippen LogP contribution in [0.15, 0.2) is 22.7 Å². The van der Waals surface area contributed by atoms with Gasteiger partial charge in [-0.25, -0.2) is 0 Å². The second-order valence-corrected chi connectivity index (χ2v) is 5.86. The number of anilines is 1. The molecule has 1 unspecified atom stereocenters. The van der Waals surface area contributed by atoms with Gasteiger partial charge in [-0.3, -0.25) is 0 Å². The number of nitrogens with one attached hydrogen (secondary N) is 1. The number of hydrogen-bond donors (Lipinski definition) is 1. The third-order valence-corrected chi connectivity index (χ3v) is 4.25. The van der Waals surface area contributed by atoms with Crippen LogP contribution in [0.25, 0.3) is 0 Å².